The lowest BCUT2D eigenvalue weighted by atomic mass is 10.3. The monoisotopic (exact) mass is 316 g/mol. The van der Waals surface area contributed by atoms with Crippen LogP contribution in [0.4, 0.5) is 0 Å². The third kappa shape index (κ3) is 2.71. The predicted molar refractivity (Wildman–Crippen MR) is 90.2 cm³/mol. The summed E-state index contributed by atoms with van der Waals surface area (Å²) in [5.41, 5.74) is 1.02. The topological polar surface area (TPSA) is 33.2 Å². The molecule has 0 saturated carbocycles. The SMILES string of the molecule is CCN(CC)C(=O)c1ccc(-c2nc3ccccc3s2)s1. The largest absolute Gasteiger partial charge is 0.339 e. The first kappa shape index (κ1) is 14.2. The Morgan fingerprint density at radius 3 is 2.57 bits per heavy atom. The molecular weight excluding hydrogens is 300 g/mol. The van der Waals surface area contributed by atoms with E-state index in [2.05, 4.69) is 11.1 Å². The molecule has 0 bridgehead atoms. The number of hydrogen-bond acceptors (Lipinski definition) is 4. The molecule has 3 aromatic rings. The fourth-order valence-electron chi connectivity index (χ4n) is 2.21. The average Bonchev–Trinajstić information content (AvgIpc) is 3.14. The number of thiophene rings is 1. The van der Waals surface area contributed by atoms with Crippen LogP contribution < -0.4 is 0 Å². The van der Waals surface area contributed by atoms with E-state index in [-0.39, 0.29) is 5.91 Å². The number of benzene rings is 1. The molecule has 108 valence electrons. The van der Waals surface area contributed by atoms with Crippen molar-refractivity contribution < 1.29 is 4.79 Å². The third-order valence-electron chi connectivity index (χ3n) is 3.37. The summed E-state index contributed by atoms with van der Waals surface area (Å²) in [6.07, 6.45) is 0. The molecule has 0 spiro atoms. The van der Waals surface area contributed by atoms with E-state index in [1.54, 1.807) is 11.3 Å². The van der Waals surface area contributed by atoms with E-state index in [0.717, 1.165) is 33.4 Å². The van der Waals surface area contributed by atoms with Crippen LogP contribution in [0.2, 0.25) is 0 Å². The summed E-state index contributed by atoms with van der Waals surface area (Å²) < 4.78 is 1.18. The van der Waals surface area contributed by atoms with Crippen molar-refractivity contribution in [3.63, 3.8) is 0 Å². The molecule has 2 heterocycles. The summed E-state index contributed by atoms with van der Waals surface area (Å²) in [6, 6.07) is 12.0. The van der Waals surface area contributed by atoms with Crippen molar-refractivity contribution in [3.05, 3.63) is 41.3 Å². The number of para-hydroxylation sites is 1. The number of thiazole rings is 1. The van der Waals surface area contributed by atoms with E-state index in [0.29, 0.717) is 0 Å². The Bertz CT molecular complexity index is 738. The molecule has 0 unspecified atom stereocenters. The smallest absolute Gasteiger partial charge is 0.263 e. The third-order valence-corrected chi connectivity index (χ3v) is 5.65. The second-order valence-corrected chi connectivity index (χ2v) is 6.74. The van der Waals surface area contributed by atoms with Gasteiger partial charge in [0, 0.05) is 13.1 Å². The van der Waals surface area contributed by atoms with Crippen LogP contribution in [0, 0.1) is 0 Å². The van der Waals surface area contributed by atoms with Crippen LogP contribution in [0.15, 0.2) is 36.4 Å². The number of fused-ring (bicyclic) bond motifs is 1. The van der Waals surface area contributed by atoms with E-state index >= 15 is 0 Å². The molecule has 3 nitrogen and oxygen atoms in total. The van der Waals surface area contributed by atoms with Crippen LogP contribution in [0.5, 0.6) is 0 Å². The van der Waals surface area contributed by atoms with Crippen molar-refractivity contribution in [2.24, 2.45) is 0 Å². The minimum absolute atomic E-state index is 0.109. The summed E-state index contributed by atoms with van der Waals surface area (Å²) in [6.45, 7) is 5.49. The van der Waals surface area contributed by atoms with Gasteiger partial charge in [-0.05, 0) is 38.1 Å². The molecule has 21 heavy (non-hydrogen) atoms. The van der Waals surface area contributed by atoms with Gasteiger partial charge in [0.2, 0.25) is 0 Å². The molecule has 0 saturated heterocycles. The number of aromatic nitrogens is 1. The van der Waals surface area contributed by atoms with Gasteiger partial charge in [-0.15, -0.1) is 22.7 Å². The summed E-state index contributed by atoms with van der Waals surface area (Å²) in [5.74, 6) is 0.109. The summed E-state index contributed by atoms with van der Waals surface area (Å²) in [4.78, 5) is 20.7. The molecule has 0 fully saturated rings. The second kappa shape index (κ2) is 5.95. The van der Waals surface area contributed by atoms with Gasteiger partial charge in [-0.1, -0.05) is 12.1 Å². The van der Waals surface area contributed by atoms with Gasteiger partial charge < -0.3 is 4.90 Å². The molecule has 5 heteroatoms. The zero-order valence-electron chi connectivity index (χ0n) is 12.0. The van der Waals surface area contributed by atoms with E-state index < -0.39 is 0 Å². The summed E-state index contributed by atoms with van der Waals surface area (Å²) in [7, 11) is 0. The lowest BCUT2D eigenvalue weighted by molar-refractivity contribution is 0.0778. The Hall–Kier alpha value is -1.72. The molecule has 2 aromatic heterocycles. The molecule has 3 rings (SSSR count). The average molecular weight is 316 g/mol. The fourth-order valence-corrected chi connectivity index (χ4v) is 4.21. The molecule has 0 atom stereocenters. The normalized spacial score (nSPS) is 11.0. The number of hydrogen-bond donors (Lipinski definition) is 0. The van der Waals surface area contributed by atoms with Crippen LogP contribution >= 0.6 is 22.7 Å². The minimum Gasteiger partial charge on any atom is -0.339 e. The van der Waals surface area contributed by atoms with Crippen LogP contribution in [0.1, 0.15) is 23.5 Å². The Balaban J connectivity index is 1.92. The second-order valence-electron chi connectivity index (χ2n) is 4.63. The molecular formula is C16H16N2OS2. The predicted octanol–water partition coefficient (Wildman–Crippen LogP) is 4.51. The van der Waals surface area contributed by atoms with Gasteiger partial charge in [0.05, 0.1) is 20.0 Å². The molecule has 0 N–H and O–H groups in total. The number of nitrogens with zero attached hydrogens (tertiary/aromatic N) is 2. The van der Waals surface area contributed by atoms with Crippen LogP contribution in [0.25, 0.3) is 20.1 Å². The Labute approximate surface area is 131 Å². The van der Waals surface area contributed by atoms with Crippen molar-refractivity contribution in [1.82, 2.24) is 9.88 Å². The van der Waals surface area contributed by atoms with Crippen LogP contribution in [0.3, 0.4) is 0 Å². The van der Waals surface area contributed by atoms with E-state index in [4.69, 9.17) is 0 Å². The quantitative estimate of drug-likeness (QED) is 0.709. The molecule has 1 aromatic carbocycles. The zero-order chi connectivity index (χ0) is 14.8. The van der Waals surface area contributed by atoms with Gasteiger partial charge in [-0.2, -0.15) is 0 Å². The Kier molecular flexibility index (Phi) is 4.03. The van der Waals surface area contributed by atoms with Gasteiger partial charge in [-0.25, -0.2) is 4.98 Å². The summed E-state index contributed by atoms with van der Waals surface area (Å²) >= 11 is 3.19. The van der Waals surface area contributed by atoms with Gasteiger partial charge in [-0.3, -0.25) is 4.79 Å². The van der Waals surface area contributed by atoms with Crippen LogP contribution in [-0.2, 0) is 0 Å². The highest BCUT2D eigenvalue weighted by Crippen LogP contribution is 2.34. The first-order chi connectivity index (χ1) is 10.2. The first-order valence-electron chi connectivity index (χ1n) is 6.98. The fraction of sp³-hybridized carbons (Fsp3) is 0.250. The highest BCUT2D eigenvalue weighted by molar-refractivity contribution is 7.26. The van der Waals surface area contributed by atoms with Gasteiger partial charge in [0.15, 0.2) is 0 Å². The summed E-state index contributed by atoms with van der Waals surface area (Å²) in [5, 5.41) is 0.986. The molecule has 0 aliphatic rings. The van der Waals surface area contributed by atoms with Gasteiger partial charge in [0.25, 0.3) is 5.91 Å². The van der Waals surface area contributed by atoms with Gasteiger partial charge >= 0.3 is 0 Å². The Morgan fingerprint density at radius 2 is 1.86 bits per heavy atom. The molecule has 1 amide bonds. The maximum atomic E-state index is 12.3. The van der Waals surface area contributed by atoms with E-state index in [1.807, 2.05) is 49.1 Å². The number of carbonyl (C=O) groups excluding carboxylic acids is 1. The number of rotatable bonds is 4. The highest BCUT2D eigenvalue weighted by Gasteiger charge is 2.16. The lowest BCUT2D eigenvalue weighted by Gasteiger charge is -2.17. The number of amides is 1. The maximum absolute atomic E-state index is 12.3. The zero-order valence-corrected chi connectivity index (χ0v) is 13.6. The van der Waals surface area contributed by atoms with Crippen molar-refractivity contribution in [2.45, 2.75) is 13.8 Å². The van der Waals surface area contributed by atoms with Crippen LogP contribution in [-0.4, -0.2) is 28.9 Å². The molecule has 0 radical (unpaired) electrons. The highest BCUT2D eigenvalue weighted by atomic mass is 32.1. The Morgan fingerprint density at radius 1 is 1.10 bits per heavy atom. The first-order valence-corrected chi connectivity index (χ1v) is 8.61. The minimum atomic E-state index is 0.109. The van der Waals surface area contributed by atoms with Crippen molar-refractivity contribution >= 4 is 38.8 Å². The number of carbonyl (C=O) groups is 1. The standard InChI is InChI=1S/C16H16N2OS2/c1-3-18(4-2)16(19)14-10-9-13(20-14)15-17-11-7-5-6-8-12(11)21-15/h5-10H,3-4H2,1-2H3. The van der Waals surface area contributed by atoms with E-state index in [1.165, 1.54) is 16.0 Å². The maximum Gasteiger partial charge on any atom is 0.263 e. The van der Waals surface area contributed by atoms with Crippen molar-refractivity contribution in [2.75, 3.05) is 13.1 Å². The van der Waals surface area contributed by atoms with Crippen molar-refractivity contribution in [1.29, 1.82) is 0 Å². The molecule has 0 aliphatic carbocycles. The van der Waals surface area contributed by atoms with Gasteiger partial charge in [0.1, 0.15) is 5.01 Å². The lowest BCUT2D eigenvalue weighted by Crippen LogP contribution is -2.29. The molecule has 0 aliphatic heterocycles. The van der Waals surface area contributed by atoms with E-state index in [9.17, 15) is 4.79 Å². The van der Waals surface area contributed by atoms with Crippen molar-refractivity contribution in [3.8, 4) is 9.88 Å².